The van der Waals surface area contributed by atoms with Crippen molar-refractivity contribution in [3.05, 3.63) is 40.6 Å². The molecule has 1 aliphatic carbocycles. The Morgan fingerprint density at radius 1 is 1.11 bits per heavy atom. The molecule has 7 N–H and O–H groups in total. The van der Waals surface area contributed by atoms with Crippen molar-refractivity contribution in [2.24, 2.45) is 5.73 Å². The fourth-order valence-electron chi connectivity index (χ4n) is 3.74. The summed E-state index contributed by atoms with van der Waals surface area (Å²) in [6.45, 7) is 5.64. The maximum atomic E-state index is 13.3. The number of nitrogens with two attached hydrogens (primary N) is 1. The second kappa shape index (κ2) is 15.8. The standard InChI is InChI=1S/C26H41N5O5/c1-3-13-36-14-11-24(33)29-16-23(19-7-8-19)31-22(6-5-12-28-26(27)35)25(34)30-21-10-9-20(17-32)18(4-2)15-21/h9-10,15,22,31-32H,3-8,11-14,16-17H2,1-2H3,(H,29,33)(H,30,34)(H3,27,28,35)/t22-/m0/s1. The van der Waals surface area contributed by atoms with Gasteiger partial charge in [-0.25, -0.2) is 4.79 Å². The Labute approximate surface area is 213 Å². The number of primary amides is 1. The molecule has 0 heterocycles. The number of rotatable bonds is 17. The van der Waals surface area contributed by atoms with Crippen LogP contribution < -0.4 is 27.0 Å². The van der Waals surface area contributed by atoms with E-state index < -0.39 is 12.1 Å². The number of anilines is 1. The molecule has 0 unspecified atom stereocenters. The molecule has 1 aromatic rings. The summed E-state index contributed by atoms with van der Waals surface area (Å²) >= 11 is 0. The third kappa shape index (κ3) is 10.7. The zero-order chi connectivity index (χ0) is 26.3. The van der Waals surface area contributed by atoms with Gasteiger partial charge in [0.1, 0.15) is 6.04 Å². The number of amides is 4. The number of aliphatic hydroxyl groups is 1. The monoisotopic (exact) mass is 503 g/mol. The SMILES string of the molecule is CCCOCCC(=O)NCC(N[C@@H](CCCNC(N)=O)C(=O)Nc1ccc(CO)c(CC)c1)=C1CC1. The zero-order valence-electron chi connectivity index (χ0n) is 21.5. The highest BCUT2D eigenvalue weighted by Gasteiger charge is 2.24. The fourth-order valence-corrected chi connectivity index (χ4v) is 3.74. The Hall–Kier alpha value is -3.11. The first-order valence-corrected chi connectivity index (χ1v) is 12.8. The average Bonchev–Trinajstić information content (AvgIpc) is 3.70. The third-order valence-corrected chi connectivity index (χ3v) is 5.87. The number of carbonyl (C=O) groups excluding carboxylic acids is 3. The second-order valence-electron chi connectivity index (χ2n) is 8.84. The molecular formula is C26H41N5O5. The molecule has 0 radical (unpaired) electrons. The van der Waals surface area contributed by atoms with Gasteiger partial charge in [0.05, 0.1) is 19.8 Å². The normalized spacial score (nSPS) is 13.0. The van der Waals surface area contributed by atoms with Crippen LogP contribution in [0.2, 0.25) is 0 Å². The van der Waals surface area contributed by atoms with Gasteiger partial charge in [0.15, 0.2) is 0 Å². The summed E-state index contributed by atoms with van der Waals surface area (Å²) in [5.74, 6) is -0.319. The van der Waals surface area contributed by atoms with E-state index in [0.29, 0.717) is 44.8 Å². The van der Waals surface area contributed by atoms with Crippen LogP contribution in [-0.2, 0) is 27.4 Å². The molecule has 1 atom stereocenters. The number of urea groups is 1. The summed E-state index contributed by atoms with van der Waals surface area (Å²) in [5, 5.41) is 21.3. The van der Waals surface area contributed by atoms with Crippen LogP contribution in [0.5, 0.6) is 0 Å². The van der Waals surface area contributed by atoms with Crippen molar-refractivity contribution in [3.8, 4) is 0 Å². The minimum Gasteiger partial charge on any atom is -0.392 e. The molecule has 1 aromatic carbocycles. The number of allylic oxidation sites excluding steroid dienone is 1. The maximum absolute atomic E-state index is 13.3. The highest BCUT2D eigenvalue weighted by molar-refractivity contribution is 5.95. The van der Waals surface area contributed by atoms with Gasteiger partial charge in [-0.15, -0.1) is 0 Å². The predicted molar refractivity (Wildman–Crippen MR) is 139 cm³/mol. The molecule has 1 saturated carbocycles. The molecule has 0 aliphatic heterocycles. The lowest BCUT2D eigenvalue weighted by molar-refractivity contribution is -0.122. The molecule has 2 rings (SSSR count). The van der Waals surface area contributed by atoms with Gasteiger partial charge in [0.2, 0.25) is 11.8 Å². The van der Waals surface area contributed by atoms with E-state index in [-0.39, 0.29) is 24.8 Å². The van der Waals surface area contributed by atoms with Crippen LogP contribution in [-0.4, -0.2) is 55.3 Å². The molecule has 200 valence electrons. The second-order valence-corrected chi connectivity index (χ2v) is 8.84. The average molecular weight is 504 g/mol. The summed E-state index contributed by atoms with van der Waals surface area (Å²) in [4.78, 5) is 36.5. The van der Waals surface area contributed by atoms with E-state index in [0.717, 1.165) is 42.5 Å². The van der Waals surface area contributed by atoms with Crippen molar-refractivity contribution >= 4 is 23.5 Å². The third-order valence-electron chi connectivity index (χ3n) is 5.87. The molecule has 1 fully saturated rings. The maximum Gasteiger partial charge on any atom is 0.312 e. The highest BCUT2D eigenvalue weighted by atomic mass is 16.5. The number of hydrogen-bond acceptors (Lipinski definition) is 6. The minimum atomic E-state index is -0.605. The van der Waals surface area contributed by atoms with Crippen LogP contribution in [0.3, 0.4) is 0 Å². The number of ether oxygens (including phenoxy) is 1. The number of aryl methyl sites for hydroxylation is 1. The van der Waals surface area contributed by atoms with E-state index in [1.807, 2.05) is 26.0 Å². The van der Waals surface area contributed by atoms with E-state index in [1.54, 1.807) is 6.07 Å². The molecule has 0 bridgehead atoms. The molecule has 10 nitrogen and oxygen atoms in total. The van der Waals surface area contributed by atoms with Crippen molar-refractivity contribution < 1.29 is 24.2 Å². The highest BCUT2D eigenvalue weighted by Crippen LogP contribution is 2.30. The Kier molecular flexibility index (Phi) is 12.8. The summed E-state index contributed by atoms with van der Waals surface area (Å²) in [7, 11) is 0. The molecule has 0 spiro atoms. The van der Waals surface area contributed by atoms with E-state index in [2.05, 4.69) is 21.3 Å². The van der Waals surface area contributed by atoms with Crippen molar-refractivity contribution in [1.82, 2.24) is 16.0 Å². The first-order chi connectivity index (χ1) is 17.4. The Balaban J connectivity index is 2.03. The number of nitrogens with one attached hydrogen (secondary N) is 4. The van der Waals surface area contributed by atoms with Crippen LogP contribution in [0.15, 0.2) is 29.5 Å². The van der Waals surface area contributed by atoms with E-state index in [1.165, 1.54) is 5.57 Å². The lowest BCUT2D eigenvalue weighted by Gasteiger charge is -2.22. The fraction of sp³-hybridized carbons (Fsp3) is 0.577. The van der Waals surface area contributed by atoms with Crippen LogP contribution in [0.4, 0.5) is 10.5 Å². The number of carbonyl (C=O) groups is 3. The lowest BCUT2D eigenvalue weighted by Crippen LogP contribution is -2.43. The first kappa shape index (κ1) is 29.1. The van der Waals surface area contributed by atoms with E-state index in [9.17, 15) is 19.5 Å². The topological polar surface area (TPSA) is 155 Å². The van der Waals surface area contributed by atoms with Crippen molar-refractivity contribution in [2.45, 2.75) is 71.4 Å². The molecule has 0 saturated heterocycles. The number of aliphatic hydroxyl groups excluding tert-OH is 1. The molecule has 36 heavy (non-hydrogen) atoms. The van der Waals surface area contributed by atoms with Gasteiger partial charge in [-0.1, -0.05) is 19.9 Å². The zero-order valence-corrected chi connectivity index (χ0v) is 21.5. The van der Waals surface area contributed by atoms with Gasteiger partial charge in [0, 0.05) is 31.0 Å². The van der Waals surface area contributed by atoms with Gasteiger partial charge >= 0.3 is 6.03 Å². The summed E-state index contributed by atoms with van der Waals surface area (Å²) in [5.41, 5.74) is 9.64. The van der Waals surface area contributed by atoms with E-state index in [4.69, 9.17) is 10.5 Å². The largest absolute Gasteiger partial charge is 0.392 e. The van der Waals surface area contributed by atoms with Crippen LogP contribution in [0.25, 0.3) is 0 Å². The Bertz CT molecular complexity index is 912. The molecule has 4 amide bonds. The van der Waals surface area contributed by atoms with Crippen LogP contribution in [0.1, 0.15) is 63.5 Å². The molecule has 10 heteroatoms. The van der Waals surface area contributed by atoms with Crippen LogP contribution in [0, 0.1) is 0 Å². The van der Waals surface area contributed by atoms with Gasteiger partial charge in [-0.2, -0.15) is 0 Å². The number of benzene rings is 1. The summed E-state index contributed by atoms with van der Waals surface area (Å²) in [6, 6.07) is 4.28. The number of hydrogen-bond donors (Lipinski definition) is 6. The van der Waals surface area contributed by atoms with Crippen molar-refractivity contribution in [1.29, 1.82) is 0 Å². The van der Waals surface area contributed by atoms with Crippen molar-refractivity contribution in [3.63, 3.8) is 0 Å². The quantitative estimate of drug-likeness (QED) is 0.179. The first-order valence-electron chi connectivity index (χ1n) is 12.8. The minimum absolute atomic E-state index is 0.0537. The lowest BCUT2D eigenvalue weighted by atomic mass is 10.0. The van der Waals surface area contributed by atoms with Gasteiger partial charge in [-0.3, -0.25) is 9.59 Å². The Morgan fingerprint density at radius 2 is 1.89 bits per heavy atom. The Morgan fingerprint density at radius 3 is 2.53 bits per heavy atom. The van der Waals surface area contributed by atoms with Crippen LogP contribution >= 0.6 is 0 Å². The van der Waals surface area contributed by atoms with Gasteiger partial charge in [0.25, 0.3) is 0 Å². The van der Waals surface area contributed by atoms with E-state index >= 15 is 0 Å². The summed E-state index contributed by atoms with van der Waals surface area (Å²) in [6.07, 6.45) is 4.79. The molecule has 0 aromatic heterocycles. The summed E-state index contributed by atoms with van der Waals surface area (Å²) < 4.78 is 5.38. The predicted octanol–water partition coefficient (Wildman–Crippen LogP) is 2.07. The van der Waals surface area contributed by atoms with Gasteiger partial charge in [-0.05, 0) is 67.4 Å². The van der Waals surface area contributed by atoms with Gasteiger partial charge < -0.3 is 36.8 Å². The smallest absolute Gasteiger partial charge is 0.312 e. The molecule has 1 aliphatic rings. The molecular weight excluding hydrogens is 462 g/mol. The van der Waals surface area contributed by atoms with Crippen molar-refractivity contribution in [2.75, 3.05) is 31.6 Å².